The van der Waals surface area contributed by atoms with Gasteiger partial charge < -0.3 is 9.16 Å². The minimum absolute atomic E-state index is 0.00576. The number of carbonyl (C=O) groups is 1. The number of hydrogen-bond acceptors (Lipinski definition) is 7. The zero-order chi connectivity index (χ0) is 28.1. The lowest BCUT2D eigenvalue weighted by molar-refractivity contribution is -0.123. The van der Waals surface area contributed by atoms with E-state index in [1.165, 1.54) is 6.20 Å². The Kier molecular flexibility index (Phi) is 8.87. The molecule has 3 rings (SSSR count). The largest absolute Gasteiger partial charge is 0.401 e. The average Bonchev–Trinajstić information content (AvgIpc) is 2.82. The number of hydrogen-bond donors (Lipinski definition) is 2. The molecule has 0 spiro atoms. The smallest absolute Gasteiger partial charge is 0.280 e. The van der Waals surface area contributed by atoms with Crippen molar-refractivity contribution in [1.82, 2.24) is 19.9 Å². The summed E-state index contributed by atoms with van der Waals surface area (Å²) >= 11 is 0. The number of fused-ring (bicyclic) bond motifs is 1. The Morgan fingerprint density at radius 2 is 1.79 bits per heavy atom. The van der Waals surface area contributed by atoms with Gasteiger partial charge in [-0.3, -0.25) is 19.9 Å². The van der Waals surface area contributed by atoms with Crippen LogP contribution in [0.25, 0.3) is 11.2 Å². The molecule has 202 valence electrons. The number of aromatic amines is 1. The molecule has 38 heavy (non-hydrogen) atoms. The van der Waals surface area contributed by atoms with E-state index in [4.69, 9.17) is 9.16 Å². The van der Waals surface area contributed by atoms with E-state index < -0.39 is 25.4 Å². The summed E-state index contributed by atoms with van der Waals surface area (Å²) in [4.78, 5) is 40.3. The maximum atomic E-state index is 12.7. The fourth-order valence-corrected chi connectivity index (χ4v) is 4.17. The Morgan fingerprint density at radius 3 is 2.42 bits per heavy atom. The first kappa shape index (κ1) is 29.2. The second kappa shape index (κ2) is 11.6. The lowest BCUT2D eigenvalue weighted by Gasteiger charge is -2.38. The molecule has 0 aliphatic heterocycles. The van der Waals surface area contributed by atoms with Crippen molar-refractivity contribution >= 4 is 31.3 Å². The Bertz CT molecular complexity index is 1400. The molecule has 1 atom stereocenters. The van der Waals surface area contributed by atoms with Gasteiger partial charge in [0.1, 0.15) is 11.8 Å². The Hall–Kier alpha value is -3.39. The molecule has 2 N–H and O–H groups in total. The van der Waals surface area contributed by atoms with Crippen LogP contribution in [-0.2, 0) is 20.6 Å². The van der Waals surface area contributed by atoms with Gasteiger partial charge in [-0.2, -0.15) is 4.98 Å². The van der Waals surface area contributed by atoms with Gasteiger partial charge in [-0.1, -0.05) is 77.8 Å². The van der Waals surface area contributed by atoms with Crippen molar-refractivity contribution in [2.75, 3.05) is 11.9 Å². The number of amides is 1. The number of ether oxygens (including phenoxy) is 1. The highest BCUT2D eigenvalue weighted by atomic mass is 28.4. The van der Waals surface area contributed by atoms with Gasteiger partial charge >= 0.3 is 0 Å². The first-order chi connectivity index (χ1) is 17.7. The van der Waals surface area contributed by atoms with Crippen molar-refractivity contribution < 1.29 is 14.0 Å². The van der Waals surface area contributed by atoms with E-state index in [2.05, 4.69) is 71.0 Å². The molecule has 0 aliphatic carbocycles. The van der Waals surface area contributed by atoms with Crippen LogP contribution < -0.4 is 10.9 Å². The predicted molar refractivity (Wildman–Crippen MR) is 151 cm³/mol. The number of nitrogens with one attached hydrogen (secondary N) is 2. The van der Waals surface area contributed by atoms with E-state index in [9.17, 15) is 9.59 Å². The second-order valence-electron chi connectivity index (χ2n) is 11.7. The normalized spacial score (nSPS) is 13.1. The third-order valence-corrected chi connectivity index (χ3v) is 10.8. The summed E-state index contributed by atoms with van der Waals surface area (Å²) in [5, 5.41) is 2.60. The highest BCUT2D eigenvalue weighted by Crippen LogP contribution is 2.37. The zero-order valence-electron chi connectivity index (χ0n) is 23.4. The van der Waals surface area contributed by atoms with Crippen molar-refractivity contribution in [1.29, 1.82) is 0 Å². The molecule has 0 fully saturated rings. The number of nitrogens with zero attached hydrogens (tertiary/aromatic N) is 3. The van der Waals surface area contributed by atoms with E-state index in [0.717, 1.165) is 5.56 Å². The van der Waals surface area contributed by atoms with E-state index in [1.807, 2.05) is 30.3 Å². The summed E-state index contributed by atoms with van der Waals surface area (Å²) in [7, 11) is -2.14. The van der Waals surface area contributed by atoms with Gasteiger partial charge in [0.2, 0.25) is 11.9 Å². The lowest BCUT2D eigenvalue weighted by atomic mass is 9.96. The van der Waals surface area contributed by atoms with Crippen LogP contribution in [0, 0.1) is 17.3 Å². The Morgan fingerprint density at radius 1 is 1.11 bits per heavy atom. The molecule has 9 nitrogen and oxygen atoms in total. The van der Waals surface area contributed by atoms with Gasteiger partial charge in [-0.25, -0.2) is 9.97 Å². The van der Waals surface area contributed by atoms with Gasteiger partial charge in [0.15, 0.2) is 19.5 Å². The van der Waals surface area contributed by atoms with Gasteiger partial charge in [-0.05, 0) is 29.6 Å². The molecule has 10 heteroatoms. The van der Waals surface area contributed by atoms with E-state index in [1.54, 1.807) is 20.8 Å². The molecule has 0 unspecified atom stereocenters. The Balaban J connectivity index is 1.83. The molecule has 2 aromatic heterocycles. The van der Waals surface area contributed by atoms with Gasteiger partial charge in [-0.15, -0.1) is 0 Å². The maximum absolute atomic E-state index is 12.7. The molecule has 1 aromatic carbocycles. The van der Waals surface area contributed by atoms with Crippen LogP contribution in [0.15, 0.2) is 41.3 Å². The number of rotatable bonds is 7. The molecule has 1 amide bonds. The first-order valence-electron chi connectivity index (χ1n) is 12.6. The highest BCUT2D eigenvalue weighted by molar-refractivity contribution is 6.74. The first-order valence-corrected chi connectivity index (χ1v) is 15.5. The number of benzene rings is 1. The number of aromatic nitrogens is 4. The summed E-state index contributed by atoms with van der Waals surface area (Å²) in [6, 6.07) is 9.92. The lowest BCUT2D eigenvalue weighted by Crippen LogP contribution is -2.44. The van der Waals surface area contributed by atoms with Crippen molar-refractivity contribution in [3.05, 3.63) is 58.1 Å². The SMILES string of the molecule is CC(C)(C)C(=O)Nc1nc2ncc(C#C[C@H](COCc3ccccc3)O[Si](C)(C)C(C)(C)C)nc2c(=O)[nH]1. The molecular formula is C28H37N5O4Si. The quantitative estimate of drug-likeness (QED) is 0.334. The summed E-state index contributed by atoms with van der Waals surface area (Å²) in [6.07, 6.45) is 0.967. The average molecular weight is 536 g/mol. The zero-order valence-corrected chi connectivity index (χ0v) is 24.4. The molecule has 2 heterocycles. The summed E-state index contributed by atoms with van der Waals surface area (Å²) in [5.41, 5.74) is 0.360. The molecule has 0 radical (unpaired) electrons. The van der Waals surface area contributed by atoms with Crippen molar-refractivity contribution in [2.45, 2.75) is 72.4 Å². The van der Waals surface area contributed by atoms with Gasteiger partial charge in [0.25, 0.3) is 5.56 Å². The van der Waals surface area contributed by atoms with Crippen LogP contribution in [-0.4, -0.2) is 46.9 Å². The van der Waals surface area contributed by atoms with Crippen molar-refractivity contribution in [3.63, 3.8) is 0 Å². The van der Waals surface area contributed by atoms with Crippen LogP contribution in [0.3, 0.4) is 0 Å². The Labute approximate surface area is 224 Å². The fraction of sp³-hybridized carbons (Fsp3) is 0.464. The standard InChI is InChI=1S/C28H37N5O4Si/c1-27(2,3)25(35)33-26-31-23-22(24(34)32-26)30-20(16-29-23)14-15-21(37-38(7,8)28(4,5)6)18-36-17-19-12-10-9-11-13-19/h9-13,16,21H,17-18H2,1-8H3,(H2,29,31,32,33,34,35)/t21-/m1/s1. The molecule has 0 saturated carbocycles. The van der Waals surface area contributed by atoms with Crippen molar-refractivity contribution in [3.8, 4) is 11.8 Å². The summed E-state index contributed by atoms with van der Waals surface area (Å²) < 4.78 is 12.5. The number of anilines is 1. The molecule has 0 saturated heterocycles. The van der Waals surface area contributed by atoms with Gasteiger partial charge in [0, 0.05) is 5.41 Å². The third kappa shape index (κ3) is 7.80. The molecule has 3 aromatic rings. The van der Waals surface area contributed by atoms with Crippen LogP contribution >= 0.6 is 0 Å². The predicted octanol–water partition coefficient (Wildman–Crippen LogP) is 4.66. The van der Waals surface area contributed by atoms with E-state index in [-0.39, 0.29) is 34.7 Å². The maximum Gasteiger partial charge on any atom is 0.280 e. The monoisotopic (exact) mass is 535 g/mol. The molecule has 0 aliphatic rings. The number of carbonyl (C=O) groups excluding carboxylic acids is 1. The van der Waals surface area contributed by atoms with Crippen LogP contribution in [0.2, 0.25) is 18.1 Å². The number of H-pyrrole nitrogens is 1. The van der Waals surface area contributed by atoms with Crippen LogP contribution in [0.4, 0.5) is 5.95 Å². The van der Waals surface area contributed by atoms with Crippen LogP contribution in [0.5, 0.6) is 0 Å². The minimum Gasteiger partial charge on any atom is -0.401 e. The van der Waals surface area contributed by atoms with Gasteiger partial charge in [0.05, 0.1) is 19.4 Å². The molecule has 0 bridgehead atoms. The summed E-state index contributed by atoms with van der Waals surface area (Å²) in [5.74, 6) is 5.87. The van der Waals surface area contributed by atoms with E-state index in [0.29, 0.717) is 12.3 Å². The van der Waals surface area contributed by atoms with E-state index >= 15 is 0 Å². The third-order valence-electron chi connectivity index (χ3n) is 6.32. The fourth-order valence-electron chi connectivity index (χ4n) is 2.98. The second-order valence-corrected chi connectivity index (χ2v) is 16.4. The van der Waals surface area contributed by atoms with Crippen LogP contribution in [0.1, 0.15) is 52.8 Å². The minimum atomic E-state index is -2.14. The highest BCUT2D eigenvalue weighted by Gasteiger charge is 2.39. The molecular weight excluding hydrogens is 498 g/mol. The van der Waals surface area contributed by atoms with Crippen molar-refractivity contribution in [2.24, 2.45) is 5.41 Å². The summed E-state index contributed by atoms with van der Waals surface area (Å²) in [6.45, 7) is 16.9. The topological polar surface area (TPSA) is 119 Å².